The minimum atomic E-state index is -0.0959. The number of hydrogen-bond donors (Lipinski definition) is 3. The lowest BCUT2D eigenvalue weighted by molar-refractivity contribution is 0.396. The first-order valence-electron chi connectivity index (χ1n) is 6.49. The molecule has 0 heterocycles. The smallest absolute Gasteiger partial charge is 0.161 e. The number of methoxy groups -OCH3 is 1. The Morgan fingerprint density at radius 1 is 1.10 bits per heavy atom. The van der Waals surface area contributed by atoms with E-state index in [-0.39, 0.29) is 17.5 Å². The maximum absolute atomic E-state index is 9.74. The van der Waals surface area contributed by atoms with Gasteiger partial charge in [0.2, 0.25) is 0 Å². The van der Waals surface area contributed by atoms with Crippen molar-refractivity contribution in [2.45, 2.75) is 19.5 Å². The molecule has 3 N–H and O–H groups in total. The Morgan fingerprint density at radius 2 is 1.80 bits per heavy atom. The van der Waals surface area contributed by atoms with Crippen molar-refractivity contribution in [3.05, 3.63) is 53.6 Å². The summed E-state index contributed by atoms with van der Waals surface area (Å²) >= 11 is 0. The largest absolute Gasteiger partial charge is 0.504 e. The van der Waals surface area contributed by atoms with Crippen molar-refractivity contribution in [2.75, 3.05) is 7.11 Å². The molecular weight excluding hydrogens is 254 g/mol. The van der Waals surface area contributed by atoms with Crippen molar-refractivity contribution in [1.82, 2.24) is 5.32 Å². The molecule has 0 saturated carbocycles. The first-order valence-corrected chi connectivity index (χ1v) is 6.49. The lowest BCUT2D eigenvalue weighted by Crippen LogP contribution is -2.18. The highest BCUT2D eigenvalue weighted by Gasteiger charge is 2.09. The predicted molar refractivity (Wildman–Crippen MR) is 78.0 cm³/mol. The van der Waals surface area contributed by atoms with E-state index in [9.17, 15) is 10.2 Å². The maximum Gasteiger partial charge on any atom is 0.161 e. The second-order valence-electron chi connectivity index (χ2n) is 4.66. The number of nitrogens with one attached hydrogen (secondary N) is 1. The summed E-state index contributed by atoms with van der Waals surface area (Å²) in [5.41, 5.74) is 1.80. The van der Waals surface area contributed by atoms with Crippen LogP contribution in [0.25, 0.3) is 0 Å². The van der Waals surface area contributed by atoms with Crippen LogP contribution in [0.15, 0.2) is 42.5 Å². The van der Waals surface area contributed by atoms with Gasteiger partial charge < -0.3 is 20.3 Å². The van der Waals surface area contributed by atoms with Crippen molar-refractivity contribution in [1.29, 1.82) is 0 Å². The van der Waals surface area contributed by atoms with Gasteiger partial charge in [-0.15, -0.1) is 0 Å². The van der Waals surface area contributed by atoms with Gasteiger partial charge in [0.05, 0.1) is 7.11 Å². The Morgan fingerprint density at radius 3 is 2.45 bits per heavy atom. The second-order valence-corrected chi connectivity index (χ2v) is 4.66. The first kappa shape index (κ1) is 14.2. The van der Waals surface area contributed by atoms with E-state index in [1.165, 1.54) is 6.07 Å². The SMILES string of the molecule is COc1ccc(C(C)NCc2cccc(O)c2O)cc1. The molecule has 0 aromatic heterocycles. The molecule has 2 aromatic carbocycles. The van der Waals surface area contributed by atoms with Crippen LogP contribution in [-0.4, -0.2) is 17.3 Å². The molecule has 0 aliphatic heterocycles. The van der Waals surface area contributed by atoms with E-state index in [1.807, 2.05) is 31.2 Å². The van der Waals surface area contributed by atoms with Gasteiger partial charge in [-0.1, -0.05) is 24.3 Å². The molecule has 0 radical (unpaired) electrons. The fourth-order valence-electron chi connectivity index (χ4n) is 1.99. The average molecular weight is 273 g/mol. The van der Waals surface area contributed by atoms with Crippen LogP contribution >= 0.6 is 0 Å². The molecule has 0 bridgehead atoms. The summed E-state index contributed by atoms with van der Waals surface area (Å²) in [7, 11) is 1.64. The Kier molecular flexibility index (Phi) is 4.48. The molecule has 0 amide bonds. The summed E-state index contributed by atoms with van der Waals surface area (Å²) in [4.78, 5) is 0. The Balaban J connectivity index is 2.00. The Hall–Kier alpha value is -2.20. The summed E-state index contributed by atoms with van der Waals surface area (Å²) in [5.74, 6) is 0.662. The number of phenolic OH excluding ortho intramolecular Hbond substituents is 2. The zero-order valence-corrected chi connectivity index (χ0v) is 11.6. The zero-order valence-electron chi connectivity index (χ0n) is 11.6. The molecule has 4 nitrogen and oxygen atoms in total. The van der Waals surface area contributed by atoms with Gasteiger partial charge in [-0.3, -0.25) is 0 Å². The number of rotatable bonds is 5. The molecule has 2 rings (SSSR count). The average Bonchev–Trinajstić information content (AvgIpc) is 2.48. The lowest BCUT2D eigenvalue weighted by atomic mass is 10.1. The molecule has 0 fully saturated rings. The van der Waals surface area contributed by atoms with Gasteiger partial charge in [0.15, 0.2) is 11.5 Å². The third-order valence-corrected chi connectivity index (χ3v) is 3.31. The third-order valence-electron chi connectivity index (χ3n) is 3.31. The zero-order chi connectivity index (χ0) is 14.5. The second kappa shape index (κ2) is 6.30. The summed E-state index contributed by atoms with van der Waals surface area (Å²) in [5, 5.41) is 22.5. The van der Waals surface area contributed by atoms with Gasteiger partial charge in [-0.05, 0) is 30.7 Å². The van der Waals surface area contributed by atoms with Crippen LogP contribution in [0.1, 0.15) is 24.1 Å². The number of ether oxygens (including phenoxy) is 1. The van der Waals surface area contributed by atoms with Gasteiger partial charge in [-0.2, -0.15) is 0 Å². The Bertz CT molecular complexity index is 566. The number of phenols is 2. The summed E-state index contributed by atoms with van der Waals surface area (Å²) < 4.78 is 5.13. The lowest BCUT2D eigenvalue weighted by Gasteiger charge is -2.15. The van der Waals surface area contributed by atoms with E-state index in [0.717, 1.165) is 11.3 Å². The van der Waals surface area contributed by atoms with E-state index < -0.39 is 0 Å². The van der Waals surface area contributed by atoms with Gasteiger partial charge >= 0.3 is 0 Å². The fourth-order valence-corrected chi connectivity index (χ4v) is 1.99. The Labute approximate surface area is 118 Å². The predicted octanol–water partition coefficient (Wildman–Crippen LogP) is 2.96. The van der Waals surface area contributed by atoms with E-state index in [1.54, 1.807) is 19.2 Å². The molecule has 0 aliphatic carbocycles. The van der Waals surface area contributed by atoms with E-state index in [4.69, 9.17) is 4.74 Å². The van der Waals surface area contributed by atoms with Crippen LogP contribution in [0.4, 0.5) is 0 Å². The molecule has 0 saturated heterocycles. The highest BCUT2D eigenvalue weighted by molar-refractivity contribution is 5.44. The molecule has 20 heavy (non-hydrogen) atoms. The van der Waals surface area contributed by atoms with Crippen molar-refractivity contribution in [3.8, 4) is 17.2 Å². The molecule has 0 aliphatic rings. The number of aromatic hydroxyl groups is 2. The fraction of sp³-hybridized carbons (Fsp3) is 0.250. The van der Waals surface area contributed by atoms with Gasteiger partial charge in [0.25, 0.3) is 0 Å². The van der Waals surface area contributed by atoms with Crippen LogP contribution in [0.3, 0.4) is 0 Å². The maximum atomic E-state index is 9.74. The van der Waals surface area contributed by atoms with Crippen molar-refractivity contribution in [3.63, 3.8) is 0 Å². The minimum absolute atomic E-state index is 0.0677. The van der Waals surface area contributed by atoms with Gasteiger partial charge in [0.1, 0.15) is 5.75 Å². The molecule has 2 aromatic rings. The number of benzene rings is 2. The van der Waals surface area contributed by atoms with E-state index in [0.29, 0.717) is 12.1 Å². The molecule has 1 unspecified atom stereocenters. The highest BCUT2D eigenvalue weighted by Crippen LogP contribution is 2.28. The van der Waals surface area contributed by atoms with E-state index >= 15 is 0 Å². The quantitative estimate of drug-likeness (QED) is 0.733. The number of hydrogen-bond acceptors (Lipinski definition) is 4. The third kappa shape index (κ3) is 3.22. The summed E-state index contributed by atoms with van der Waals surface area (Å²) in [6, 6.07) is 12.9. The van der Waals surface area contributed by atoms with Crippen LogP contribution < -0.4 is 10.1 Å². The van der Waals surface area contributed by atoms with Crippen LogP contribution in [0, 0.1) is 0 Å². The normalized spacial score (nSPS) is 12.1. The van der Waals surface area contributed by atoms with Gasteiger partial charge in [0, 0.05) is 18.2 Å². The topological polar surface area (TPSA) is 61.7 Å². The van der Waals surface area contributed by atoms with Crippen molar-refractivity contribution in [2.24, 2.45) is 0 Å². The van der Waals surface area contributed by atoms with Crippen molar-refractivity contribution < 1.29 is 14.9 Å². The van der Waals surface area contributed by atoms with Crippen LogP contribution in [0.5, 0.6) is 17.2 Å². The van der Waals surface area contributed by atoms with Crippen LogP contribution in [-0.2, 0) is 6.54 Å². The minimum Gasteiger partial charge on any atom is -0.504 e. The summed E-state index contributed by atoms with van der Waals surface area (Å²) in [6.45, 7) is 2.52. The number of para-hydroxylation sites is 1. The van der Waals surface area contributed by atoms with Crippen molar-refractivity contribution >= 4 is 0 Å². The molecule has 1 atom stereocenters. The standard InChI is InChI=1S/C16H19NO3/c1-11(12-6-8-14(20-2)9-7-12)17-10-13-4-3-5-15(18)16(13)19/h3-9,11,17-19H,10H2,1-2H3. The monoisotopic (exact) mass is 273 g/mol. The highest BCUT2D eigenvalue weighted by atomic mass is 16.5. The van der Waals surface area contributed by atoms with Gasteiger partial charge in [-0.25, -0.2) is 0 Å². The van der Waals surface area contributed by atoms with Crippen LogP contribution in [0.2, 0.25) is 0 Å². The molecule has 4 heteroatoms. The first-order chi connectivity index (χ1) is 9.61. The molecule has 0 spiro atoms. The molecule has 106 valence electrons. The van der Waals surface area contributed by atoms with E-state index in [2.05, 4.69) is 5.32 Å². The summed E-state index contributed by atoms with van der Waals surface area (Å²) in [6.07, 6.45) is 0. The molecular formula is C16H19NO3.